The topological polar surface area (TPSA) is 45.8 Å². The molecule has 2 heterocycles. The largest absolute Gasteiger partial charge is 0.313 e. The Bertz CT molecular complexity index is 876. The number of hydrogen-bond acceptors (Lipinski definition) is 3. The SMILES string of the molecule is C=c1[nH]c(=O)c(=Cc2ccc3ncccc3c2)s1. The van der Waals surface area contributed by atoms with E-state index in [0.29, 0.717) is 9.20 Å². The number of H-pyrrole nitrogens is 1. The number of nitrogens with zero attached hydrogens (tertiary/aromatic N) is 1. The Balaban J connectivity index is 2.21. The number of nitrogens with one attached hydrogen (secondary N) is 1. The maximum atomic E-state index is 11.6. The summed E-state index contributed by atoms with van der Waals surface area (Å²) in [5.74, 6) is 0. The molecule has 0 radical (unpaired) electrons. The maximum absolute atomic E-state index is 11.6. The first-order valence-corrected chi connectivity index (χ1v) is 6.28. The Hall–Kier alpha value is -2.20. The summed E-state index contributed by atoms with van der Waals surface area (Å²) in [6.07, 6.45) is 3.63. The zero-order chi connectivity index (χ0) is 12.5. The van der Waals surface area contributed by atoms with Crippen molar-refractivity contribution in [2.75, 3.05) is 0 Å². The van der Waals surface area contributed by atoms with Gasteiger partial charge in [-0.05, 0) is 29.8 Å². The first kappa shape index (κ1) is 10.9. The number of benzene rings is 1. The second-order valence-corrected chi connectivity index (χ2v) is 5.08. The fourth-order valence-corrected chi connectivity index (χ4v) is 2.57. The predicted molar refractivity (Wildman–Crippen MR) is 75.0 cm³/mol. The number of aromatic nitrogens is 2. The van der Waals surface area contributed by atoms with Crippen LogP contribution >= 0.6 is 11.3 Å². The van der Waals surface area contributed by atoms with Crippen LogP contribution in [-0.4, -0.2) is 9.97 Å². The van der Waals surface area contributed by atoms with Crippen molar-refractivity contribution in [2.24, 2.45) is 0 Å². The monoisotopic (exact) mass is 254 g/mol. The van der Waals surface area contributed by atoms with Crippen LogP contribution in [0.15, 0.2) is 41.3 Å². The van der Waals surface area contributed by atoms with Gasteiger partial charge in [0.1, 0.15) is 0 Å². The molecule has 3 nitrogen and oxygen atoms in total. The highest BCUT2D eigenvalue weighted by Gasteiger charge is 1.96. The van der Waals surface area contributed by atoms with E-state index < -0.39 is 0 Å². The number of rotatable bonds is 1. The molecule has 0 bridgehead atoms. The highest BCUT2D eigenvalue weighted by Crippen LogP contribution is 2.13. The third kappa shape index (κ3) is 1.98. The molecule has 0 unspecified atom stereocenters. The third-order valence-corrected chi connectivity index (χ3v) is 3.51. The minimum absolute atomic E-state index is 0.0868. The smallest absolute Gasteiger partial charge is 0.266 e. The molecule has 3 rings (SSSR count). The Morgan fingerprint density at radius 2 is 2.22 bits per heavy atom. The van der Waals surface area contributed by atoms with E-state index in [1.54, 1.807) is 6.20 Å². The first-order valence-electron chi connectivity index (χ1n) is 5.47. The lowest BCUT2D eigenvalue weighted by molar-refractivity contribution is 1.26. The summed E-state index contributed by atoms with van der Waals surface area (Å²) < 4.78 is 1.34. The minimum atomic E-state index is -0.0868. The number of hydrogen-bond donors (Lipinski definition) is 1. The van der Waals surface area contributed by atoms with Crippen LogP contribution in [-0.2, 0) is 0 Å². The molecular formula is C14H10N2OS. The van der Waals surface area contributed by atoms with Crippen molar-refractivity contribution in [1.29, 1.82) is 0 Å². The van der Waals surface area contributed by atoms with Crippen LogP contribution in [0.1, 0.15) is 5.56 Å². The fraction of sp³-hybridized carbons (Fsp3) is 0. The summed E-state index contributed by atoms with van der Waals surface area (Å²) in [7, 11) is 0. The van der Waals surface area contributed by atoms with Crippen LogP contribution in [0.3, 0.4) is 0 Å². The summed E-state index contributed by atoms with van der Waals surface area (Å²) in [5.41, 5.74) is 1.85. The lowest BCUT2D eigenvalue weighted by Gasteiger charge is -1.97. The van der Waals surface area contributed by atoms with Crippen molar-refractivity contribution in [3.05, 3.63) is 61.6 Å². The molecule has 1 N–H and O–H groups in total. The maximum Gasteiger partial charge on any atom is 0.266 e. The van der Waals surface area contributed by atoms with Gasteiger partial charge in [-0.2, -0.15) is 0 Å². The summed E-state index contributed by atoms with van der Waals surface area (Å²) in [6, 6.07) is 9.83. The van der Waals surface area contributed by atoms with Crippen LogP contribution in [0.5, 0.6) is 0 Å². The molecule has 88 valence electrons. The molecule has 0 spiro atoms. The van der Waals surface area contributed by atoms with Gasteiger partial charge in [0.25, 0.3) is 5.56 Å². The van der Waals surface area contributed by atoms with Crippen molar-refractivity contribution in [3.63, 3.8) is 0 Å². The molecule has 2 aromatic heterocycles. The van der Waals surface area contributed by atoms with Crippen LogP contribution in [0.4, 0.5) is 0 Å². The minimum Gasteiger partial charge on any atom is -0.313 e. The number of thiazole rings is 1. The highest BCUT2D eigenvalue weighted by atomic mass is 32.1. The van der Waals surface area contributed by atoms with Crippen molar-refractivity contribution in [2.45, 2.75) is 0 Å². The van der Waals surface area contributed by atoms with E-state index in [9.17, 15) is 4.79 Å². The third-order valence-electron chi connectivity index (χ3n) is 2.63. The average Bonchev–Trinajstić information content (AvgIpc) is 2.68. The lowest BCUT2D eigenvalue weighted by Crippen LogP contribution is -2.19. The number of pyridine rings is 1. The standard InChI is InChI=1S/C14H10N2OS/c1-9-16-14(17)13(18-9)8-10-4-5-12-11(7-10)3-2-6-15-12/h2-8H,1H2,(H,16,17). The van der Waals surface area contributed by atoms with Gasteiger partial charge in [-0.15, -0.1) is 11.3 Å². The molecule has 1 aromatic carbocycles. The summed E-state index contributed by atoms with van der Waals surface area (Å²) >= 11 is 1.36. The lowest BCUT2D eigenvalue weighted by atomic mass is 10.1. The Labute approximate surface area is 107 Å². The van der Waals surface area contributed by atoms with Gasteiger partial charge in [0.05, 0.1) is 14.7 Å². The predicted octanol–water partition coefficient (Wildman–Crippen LogP) is 1.22. The second kappa shape index (κ2) is 4.23. The fourth-order valence-electron chi connectivity index (χ4n) is 1.82. The van der Waals surface area contributed by atoms with Crippen molar-refractivity contribution < 1.29 is 0 Å². The zero-order valence-electron chi connectivity index (χ0n) is 9.51. The Morgan fingerprint density at radius 1 is 1.33 bits per heavy atom. The molecule has 0 amide bonds. The van der Waals surface area contributed by atoms with Gasteiger partial charge < -0.3 is 4.98 Å². The molecule has 0 aliphatic heterocycles. The summed E-state index contributed by atoms with van der Waals surface area (Å²) in [4.78, 5) is 18.5. The number of aromatic amines is 1. The van der Waals surface area contributed by atoms with Crippen LogP contribution in [0.25, 0.3) is 23.6 Å². The van der Waals surface area contributed by atoms with Crippen molar-refractivity contribution in [3.8, 4) is 0 Å². The molecular weight excluding hydrogens is 244 g/mol. The van der Waals surface area contributed by atoms with Gasteiger partial charge in [-0.25, -0.2) is 0 Å². The van der Waals surface area contributed by atoms with Crippen molar-refractivity contribution >= 4 is 34.9 Å². The zero-order valence-corrected chi connectivity index (χ0v) is 10.3. The molecule has 4 heteroatoms. The summed E-state index contributed by atoms with van der Waals surface area (Å²) in [5, 5.41) is 1.06. The van der Waals surface area contributed by atoms with Gasteiger partial charge in [0.15, 0.2) is 0 Å². The molecule has 0 aliphatic rings. The molecule has 0 saturated heterocycles. The molecule has 0 fully saturated rings. The van der Waals surface area contributed by atoms with E-state index in [4.69, 9.17) is 0 Å². The van der Waals surface area contributed by atoms with Crippen LogP contribution < -0.4 is 14.8 Å². The summed E-state index contributed by atoms with van der Waals surface area (Å²) in [6.45, 7) is 3.73. The van der Waals surface area contributed by atoms with Gasteiger partial charge in [-0.1, -0.05) is 18.7 Å². The van der Waals surface area contributed by atoms with E-state index in [1.807, 2.05) is 36.4 Å². The number of fused-ring (bicyclic) bond motifs is 1. The first-order chi connectivity index (χ1) is 8.72. The van der Waals surface area contributed by atoms with Gasteiger partial charge in [0, 0.05) is 11.6 Å². The highest BCUT2D eigenvalue weighted by molar-refractivity contribution is 7.07. The van der Waals surface area contributed by atoms with Gasteiger partial charge in [-0.3, -0.25) is 9.78 Å². The van der Waals surface area contributed by atoms with E-state index in [1.165, 1.54) is 11.3 Å². The Morgan fingerprint density at radius 3 is 3.00 bits per heavy atom. The van der Waals surface area contributed by atoms with Gasteiger partial charge >= 0.3 is 0 Å². The molecule has 3 aromatic rings. The van der Waals surface area contributed by atoms with E-state index in [-0.39, 0.29) is 5.56 Å². The van der Waals surface area contributed by atoms with Gasteiger partial charge in [0.2, 0.25) is 0 Å². The van der Waals surface area contributed by atoms with Crippen LogP contribution in [0.2, 0.25) is 0 Å². The van der Waals surface area contributed by atoms with E-state index in [0.717, 1.165) is 16.5 Å². The molecule has 18 heavy (non-hydrogen) atoms. The average molecular weight is 254 g/mol. The normalized spacial score (nSPS) is 12.1. The van der Waals surface area contributed by atoms with Crippen molar-refractivity contribution in [1.82, 2.24) is 9.97 Å². The molecule has 0 aliphatic carbocycles. The molecule has 0 saturated carbocycles. The van der Waals surface area contributed by atoms with Crippen LogP contribution in [0, 0.1) is 0 Å². The Kier molecular flexibility index (Phi) is 2.57. The van der Waals surface area contributed by atoms with E-state index >= 15 is 0 Å². The van der Waals surface area contributed by atoms with E-state index in [2.05, 4.69) is 16.5 Å². The quantitative estimate of drug-likeness (QED) is 0.710. The second-order valence-electron chi connectivity index (χ2n) is 3.94. The molecule has 0 atom stereocenters.